The van der Waals surface area contributed by atoms with Gasteiger partial charge in [0.05, 0.1) is 0 Å². The van der Waals surface area contributed by atoms with Gasteiger partial charge in [-0.3, -0.25) is 0 Å². The number of allylic oxidation sites excluding steroid dienone is 4. The van der Waals surface area contributed by atoms with Crippen molar-refractivity contribution in [2.75, 3.05) is 0 Å². The van der Waals surface area contributed by atoms with Crippen molar-refractivity contribution in [2.45, 2.75) is 0 Å². The maximum absolute atomic E-state index is 2.00. The second-order valence-corrected chi connectivity index (χ2v) is 0.770. The van der Waals surface area contributed by atoms with Crippen molar-refractivity contribution < 1.29 is 1.43 Å². The van der Waals surface area contributed by atoms with Gasteiger partial charge in [0, 0.05) is 0 Å². The molecule has 0 aromatic rings. The molecule has 0 heteroatoms. The quantitative estimate of drug-likeness (QED) is 0.389. The number of hydrogen-bond acceptors (Lipinski definition) is 0. The van der Waals surface area contributed by atoms with E-state index in [0.29, 0.717) is 0 Å². The van der Waals surface area contributed by atoms with Gasteiger partial charge >= 0.3 is 1.43 Å². The van der Waals surface area contributed by atoms with Crippen molar-refractivity contribution in [3.8, 4) is 0 Å². The molecular weight excluding hydrogens is 48.0 g/mol. The first-order valence-corrected chi connectivity index (χ1v) is 1.33. The summed E-state index contributed by atoms with van der Waals surface area (Å²) in [5.74, 6) is 0. The molecule has 0 N–H and O–H groups in total. The second kappa shape index (κ2) is 0.449. The van der Waals surface area contributed by atoms with Crippen molar-refractivity contribution in [2.24, 2.45) is 0 Å². The monoisotopic (exact) mass is 53.0 g/mol. The third-order valence-corrected chi connectivity index (χ3v) is 0.444. The van der Waals surface area contributed by atoms with E-state index in [9.17, 15) is 0 Å². The van der Waals surface area contributed by atoms with E-state index in [4.69, 9.17) is 0 Å². The topological polar surface area (TPSA) is 0 Å². The molecule has 1 aliphatic carbocycles. The van der Waals surface area contributed by atoms with Gasteiger partial charge < -0.3 is 0 Å². The van der Waals surface area contributed by atoms with Crippen LogP contribution < -0.4 is 0 Å². The second-order valence-electron chi connectivity index (χ2n) is 0.770. The molecule has 0 aliphatic heterocycles. The number of rotatable bonds is 0. The Kier molecular flexibility index (Phi) is 0.198. The molecule has 0 aromatic carbocycles. The minimum Gasteiger partial charge on any atom is -0.0623 e. The summed E-state index contributed by atoms with van der Waals surface area (Å²) in [7, 11) is 0. The van der Waals surface area contributed by atoms with E-state index in [1.54, 1.807) is 0 Å². The van der Waals surface area contributed by atoms with E-state index < -0.39 is 0 Å². The first kappa shape index (κ1) is 1.77. The van der Waals surface area contributed by atoms with E-state index in [1.807, 2.05) is 24.3 Å². The Labute approximate surface area is 26.9 Å². The summed E-state index contributed by atoms with van der Waals surface area (Å²) in [6.45, 7) is 0. The summed E-state index contributed by atoms with van der Waals surface area (Å²) in [5, 5.41) is 0. The average molecular weight is 53.1 g/mol. The van der Waals surface area contributed by atoms with Gasteiger partial charge in [-0.2, -0.15) is 0 Å². The van der Waals surface area contributed by atoms with Crippen LogP contribution in [-0.4, -0.2) is 0 Å². The van der Waals surface area contributed by atoms with E-state index in [0.717, 1.165) is 0 Å². The van der Waals surface area contributed by atoms with E-state index >= 15 is 0 Å². The van der Waals surface area contributed by atoms with Crippen molar-refractivity contribution in [1.29, 1.82) is 0 Å². The lowest BCUT2D eigenvalue weighted by Gasteiger charge is -1.77. The highest BCUT2D eigenvalue weighted by atomic mass is 13.7. The highest BCUT2D eigenvalue weighted by molar-refractivity contribution is 5.22. The molecule has 0 radical (unpaired) electrons. The molecule has 0 heterocycles. The molecule has 0 amide bonds. The highest BCUT2D eigenvalue weighted by Crippen LogP contribution is 1.86. The number of hydrogen-bond donors (Lipinski definition) is 0. The van der Waals surface area contributed by atoms with Crippen LogP contribution in [0.2, 0.25) is 0 Å². The Hall–Kier alpha value is -0.520. The molecule has 0 aromatic heterocycles. The van der Waals surface area contributed by atoms with Crippen LogP contribution >= 0.6 is 0 Å². The molecular formula is C4H5+. The molecule has 0 saturated carbocycles. The third-order valence-electron chi connectivity index (χ3n) is 0.444. The van der Waals surface area contributed by atoms with Gasteiger partial charge in [-0.15, -0.1) is 0 Å². The van der Waals surface area contributed by atoms with Crippen LogP contribution in [0.3, 0.4) is 0 Å². The van der Waals surface area contributed by atoms with Crippen LogP contribution in [0.1, 0.15) is 1.43 Å². The average Bonchev–Trinajstić information content (AvgIpc) is 0.722. The van der Waals surface area contributed by atoms with Crippen LogP contribution in [0.15, 0.2) is 24.3 Å². The fraction of sp³-hybridized carbons (Fsp3) is 0. The maximum Gasteiger partial charge on any atom is 1.00 e. The van der Waals surface area contributed by atoms with Crippen LogP contribution in [-0.2, 0) is 0 Å². The largest absolute Gasteiger partial charge is 1.00 e. The Morgan fingerprint density at radius 3 is 1.00 bits per heavy atom. The normalized spacial score (nSPS) is 16.0. The highest BCUT2D eigenvalue weighted by Gasteiger charge is 1.65. The minimum atomic E-state index is 0. The van der Waals surface area contributed by atoms with Crippen LogP contribution in [0.4, 0.5) is 0 Å². The Morgan fingerprint density at radius 2 is 1.00 bits per heavy atom. The SMILES string of the molecule is C1=CC=C1.[H+]. The van der Waals surface area contributed by atoms with E-state index in [1.165, 1.54) is 0 Å². The molecule has 0 saturated heterocycles. The Bertz CT molecular complexity index is 44.0. The van der Waals surface area contributed by atoms with Crippen LogP contribution in [0, 0.1) is 0 Å². The molecule has 4 heavy (non-hydrogen) atoms. The van der Waals surface area contributed by atoms with E-state index in [2.05, 4.69) is 0 Å². The third kappa shape index (κ3) is 0.0282. The Morgan fingerprint density at radius 1 is 0.750 bits per heavy atom. The van der Waals surface area contributed by atoms with Crippen molar-refractivity contribution in [1.82, 2.24) is 0 Å². The lowest BCUT2D eigenvalue weighted by atomic mass is 10.3. The summed E-state index contributed by atoms with van der Waals surface area (Å²) in [4.78, 5) is 0. The molecule has 1 aliphatic rings. The molecule has 0 fully saturated rings. The first-order valence-electron chi connectivity index (χ1n) is 1.33. The molecule has 1 rings (SSSR count). The van der Waals surface area contributed by atoms with Gasteiger partial charge in [-0.1, -0.05) is 24.3 Å². The van der Waals surface area contributed by atoms with Crippen molar-refractivity contribution in [3.05, 3.63) is 24.3 Å². The summed E-state index contributed by atoms with van der Waals surface area (Å²) < 4.78 is 0. The standard InChI is InChI=1S/C4H4/c1-2-4-3-1/h1-4H/p+1. The maximum atomic E-state index is 2.00. The molecule has 0 bridgehead atoms. The first-order chi connectivity index (χ1) is 2.00. The van der Waals surface area contributed by atoms with Crippen molar-refractivity contribution >= 4 is 0 Å². The van der Waals surface area contributed by atoms with Crippen molar-refractivity contribution in [3.63, 3.8) is 0 Å². The van der Waals surface area contributed by atoms with Gasteiger partial charge in [0.25, 0.3) is 0 Å². The zero-order valence-corrected chi connectivity index (χ0v) is 2.31. The fourth-order valence-electron chi connectivity index (χ4n) is 0.111. The van der Waals surface area contributed by atoms with E-state index in [-0.39, 0.29) is 1.43 Å². The van der Waals surface area contributed by atoms with Gasteiger partial charge in [0.15, 0.2) is 0 Å². The molecule has 20 valence electrons. The van der Waals surface area contributed by atoms with Crippen LogP contribution in [0.5, 0.6) is 0 Å². The lowest BCUT2D eigenvalue weighted by molar-refractivity contribution is 1.81. The predicted molar refractivity (Wildman–Crippen MR) is 19.4 cm³/mol. The van der Waals surface area contributed by atoms with Crippen LogP contribution in [0.25, 0.3) is 0 Å². The zero-order chi connectivity index (χ0) is 2.83. The predicted octanol–water partition coefficient (Wildman–Crippen LogP) is 1.22. The zero-order valence-electron chi connectivity index (χ0n) is 3.31. The Balaban J connectivity index is 0.000000160. The van der Waals surface area contributed by atoms with Gasteiger partial charge in [0.2, 0.25) is 0 Å². The van der Waals surface area contributed by atoms with Gasteiger partial charge in [-0.25, -0.2) is 0 Å². The molecule has 0 atom stereocenters. The molecule has 0 unspecified atom stereocenters. The summed E-state index contributed by atoms with van der Waals surface area (Å²) in [5.41, 5.74) is 0. The minimum absolute atomic E-state index is 0. The summed E-state index contributed by atoms with van der Waals surface area (Å²) in [6.07, 6.45) is 8.00. The van der Waals surface area contributed by atoms with Gasteiger partial charge in [-0.05, 0) is 0 Å². The summed E-state index contributed by atoms with van der Waals surface area (Å²) in [6, 6.07) is 0. The smallest absolute Gasteiger partial charge is 0.0623 e. The lowest BCUT2D eigenvalue weighted by Crippen LogP contribution is -1.55. The fourth-order valence-corrected chi connectivity index (χ4v) is 0.111. The summed E-state index contributed by atoms with van der Waals surface area (Å²) >= 11 is 0. The molecule has 0 nitrogen and oxygen atoms in total. The van der Waals surface area contributed by atoms with Gasteiger partial charge in [0.1, 0.15) is 0 Å². The molecule has 0 spiro atoms.